The van der Waals surface area contributed by atoms with Gasteiger partial charge < -0.3 is 9.64 Å². The van der Waals surface area contributed by atoms with Gasteiger partial charge in [-0.25, -0.2) is 4.79 Å². The van der Waals surface area contributed by atoms with Crippen molar-refractivity contribution in [1.82, 2.24) is 19.6 Å². The minimum Gasteiger partial charge on any atom is -0.444 e. The Morgan fingerprint density at radius 3 is 2.21 bits per heavy atom. The normalized spacial score (nSPS) is 28.2. The molecule has 0 saturated carbocycles. The number of likely N-dealkylation sites (tertiary alicyclic amines) is 2. The molecule has 0 aromatic heterocycles. The quantitative estimate of drug-likeness (QED) is 0.668. The molecule has 0 aliphatic carbocycles. The number of carbonyl (C=O) groups is 1. The molecular weight excluding hydrogens is 412 g/mol. The topological polar surface area (TPSA) is 39.3 Å². The molecule has 1 aromatic carbocycles. The summed E-state index contributed by atoms with van der Waals surface area (Å²) >= 11 is 0. The van der Waals surface area contributed by atoms with E-state index in [1.54, 1.807) is 0 Å². The van der Waals surface area contributed by atoms with E-state index in [1.165, 1.54) is 38.2 Å². The highest BCUT2D eigenvalue weighted by atomic mass is 16.6. The molecule has 3 atom stereocenters. The summed E-state index contributed by atoms with van der Waals surface area (Å²) in [4.78, 5) is 22.7. The standard InChI is InChI=1S/C27H44N4O2/c1-5-23-19-24(12-14-31(23)26(32)33-27(2,3)4)29-15-17-30(18-16-29)25-11-13-28(21-25)20-22-9-7-6-8-10-22/h6-10,23-25H,5,11-21H2,1-4H3. The maximum Gasteiger partial charge on any atom is 0.410 e. The number of benzene rings is 1. The third-order valence-corrected chi connectivity index (χ3v) is 7.67. The lowest BCUT2D eigenvalue weighted by Crippen LogP contribution is -2.58. The van der Waals surface area contributed by atoms with E-state index >= 15 is 0 Å². The second-order valence-corrected chi connectivity index (χ2v) is 11.1. The third-order valence-electron chi connectivity index (χ3n) is 7.67. The fourth-order valence-corrected chi connectivity index (χ4v) is 5.87. The highest BCUT2D eigenvalue weighted by molar-refractivity contribution is 5.68. The lowest BCUT2D eigenvalue weighted by molar-refractivity contribution is -0.00926. The van der Waals surface area contributed by atoms with Crippen LogP contribution < -0.4 is 0 Å². The molecule has 3 saturated heterocycles. The van der Waals surface area contributed by atoms with Crippen LogP contribution in [-0.4, -0.2) is 95.2 Å². The summed E-state index contributed by atoms with van der Waals surface area (Å²) in [6, 6.07) is 12.4. The summed E-state index contributed by atoms with van der Waals surface area (Å²) in [5.74, 6) is 0. The molecule has 0 radical (unpaired) electrons. The molecule has 33 heavy (non-hydrogen) atoms. The van der Waals surface area contributed by atoms with Crippen LogP contribution in [0.5, 0.6) is 0 Å². The number of ether oxygens (including phenoxy) is 1. The fraction of sp³-hybridized carbons (Fsp3) is 0.741. The van der Waals surface area contributed by atoms with Gasteiger partial charge in [-0.15, -0.1) is 0 Å². The first kappa shape index (κ1) is 24.5. The molecule has 3 aliphatic rings. The van der Waals surface area contributed by atoms with E-state index in [4.69, 9.17) is 4.74 Å². The van der Waals surface area contributed by atoms with Gasteiger partial charge in [0.2, 0.25) is 0 Å². The van der Waals surface area contributed by atoms with Gasteiger partial charge in [0.1, 0.15) is 5.60 Å². The highest BCUT2D eigenvalue weighted by Crippen LogP contribution is 2.27. The molecule has 6 nitrogen and oxygen atoms in total. The Morgan fingerprint density at radius 1 is 0.939 bits per heavy atom. The van der Waals surface area contributed by atoms with Crippen molar-refractivity contribution in [1.29, 1.82) is 0 Å². The maximum absolute atomic E-state index is 12.7. The van der Waals surface area contributed by atoms with Gasteiger partial charge in [0.05, 0.1) is 0 Å². The number of rotatable bonds is 5. The zero-order valence-corrected chi connectivity index (χ0v) is 21.2. The average Bonchev–Trinajstić information content (AvgIpc) is 3.26. The summed E-state index contributed by atoms with van der Waals surface area (Å²) < 4.78 is 5.67. The molecule has 0 N–H and O–H groups in total. The van der Waals surface area contributed by atoms with E-state index < -0.39 is 5.60 Å². The molecule has 3 heterocycles. The van der Waals surface area contributed by atoms with E-state index in [2.05, 4.69) is 52.0 Å². The molecule has 4 rings (SSSR count). The first-order valence-corrected chi connectivity index (χ1v) is 13.1. The van der Waals surface area contributed by atoms with Crippen LogP contribution in [0.3, 0.4) is 0 Å². The van der Waals surface area contributed by atoms with Crippen molar-refractivity contribution in [3.05, 3.63) is 35.9 Å². The second kappa shape index (κ2) is 10.7. The van der Waals surface area contributed by atoms with Gasteiger partial charge in [-0.2, -0.15) is 0 Å². The summed E-state index contributed by atoms with van der Waals surface area (Å²) in [6.07, 6.45) is 4.28. The predicted molar refractivity (Wildman–Crippen MR) is 133 cm³/mol. The van der Waals surface area contributed by atoms with Gasteiger partial charge in [0.15, 0.2) is 0 Å². The molecule has 3 aliphatic heterocycles. The van der Waals surface area contributed by atoms with E-state index in [1.807, 2.05) is 25.7 Å². The van der Waals surface area contributed by atoms with Crippen LogP contribution in [0.25, 0.3) is 0 Å². The minimum atomic E-state index is -0.431. The molecule has 0 bridgehead atoms. The molecule has 3 fully saturated rings. The fourth-order valence-electron chi connectivity index (χ4n) is 5.87. The van der Waals surface area contributed by atoms with Gasteiger partial charge in [0.25, 0.3) is 0 Å². The third kappa shape index (κ3) is 6.49. The second-order valence-electron chi connectivity index (χ2n) is 11.1. The minimum absolute atomic E-state index is 0.140. The Labute approximate surface area is 200 Å². The SMILES string of the molecule is CCC1CC(N2CCN(C3CCN(Cc4ccccc4)C3)CC2)CCN1C(=O)OC(C)(C)C. The van der Waals surface area contributed by atoms with Crippen molar-refractivity contribution in [2.24, 2.45) is 0 Å². The maximum atomic E-state index is 12.7. The molecule has 1 amide bonds. The Kier molecular flexibility index (Phi) is 7.98. The number of piperazine rings is 1. The molecule has 3 unspecified atom stereocenters. The lowest BCUT2D eigenvalue weighted by atomic mass is 9.94. The van der Waals surface area contributed by atoms with Crippen LogP contribution in [0.4, 0.5) is 4.79 Å². The van der Waals surface area contributed by atoms with Gasteiger partial charge in [-0.1, -0.05) is 37.3 Å². The van der Waals surface area contributed by atoms with Crippen LogP contribution in [-0.2, 0) is 11.3 Å². The summed E-state index contributed by atoms with van der Waals surface area (Å²) in [6.45, 7) is 17.0. The van der Waals surface area contributed by atoms with Gasteiger partial charge in [-0.3, -0.25) is 14.7 Å². The molecule has 0 spiro atoms. The van der Waals surface area contributed by atoms with Gasteiger partial charge in [0, 0.05) is 70.5 Å². The number of nitrogens with zero attached hydrogens (tertiary/aromatic N) is 4. The Morgan fingerprint density at radius 2 is 1.58 bits per heavy atom. The number of hydrogen-bond acceptors (Lipinski definition) is 5. The van der Waals surface area contributed by atoms with Crippen LogP contribution in [0.2, 0.25) is 0 Å². The lowest BCUT2D eigenvalue weighted by Gasteiger charge is -2.46. The van der Waals surface area contributed by atoms with Gasteiger partial charge in [-0.05, 0) is 52.0 Å². The van der Waals surface area contributed by atoms with Gasteiger partial charge >= 0.3 is 6.09 Å². The summed E-state index contributed by atoms with van der Waals surface area (Å²) in [5, 5.41) is 0. The average molecular weight is 457 g/mol. The highest BCUT2D eigenvalue weighted by Gasteiger charge is 2.37. The van der Waals surface area contributed by atoms with Crippen LogP contribution in [0.1, 0.15) is 58.9 Å². The molecule has 6 heteroatoms. The Balaban J connectivity index is 1.23. The van der Waals surface area contributed by atoms with E-state index in [-0.39, 0.29) is 12.1 Å². The summed E-state index contributed by atoms with van der Waals surface area (Å²) in [5.41, 5.74) is 0.991. The van der Waals surface area contributed by atoms with E-state index in [9.17, 15) is 4.79 Å². The smallest absolute Gasteiger partial charge is 0.410 e. The Hall–Kier alpha value is -1.63. The van der Waals surface area contributed by atoms with Crippen LogP contribution >= 0.6 is 0 Å². The van der Waals surface area contributed by atoms with E-state index in [0.29, 0.717) is 12.1 Å². The van der Waals surface area contributed by atoms with Crippen molar-refractivity contribution in [2.45, 2.75) is 83.6 Å². The number of hydrogen-bond donors (Lipinski definition) is 0. The number of amides is 1. The number of carbonyl (C=O) groups excluding carboxylic acids is 1. The zero-order chi connectivity index (χ0) is 23.4. The van der Waals surface area contributed by atoms with Crippen molar-refractivity contribution in [3.8, 4) is 0 Å². The first-order chi connectivity index (χ1) is 15.8. The zero-order valence-electron chi connectivity index (χ0n) is 21.2. The first-order valence-electron chi connectivity index (χ1n) is 13.1. The monoisotopic (exact) mass is 456 g/mol. The van der Waals surface area contributed by atoms with Crippen LogP contribution in [0, 0.1) is 0 Å². The summed E-state index contributed by atoms with van der Waals surface area (Å²) in [7, 11) is 0. The van der Waals surface area contributed by atoms with Crippen molar-refractivity contribution >= 4 is 6.09 Å². The molecule has 1 aromatic rings. The van der Waals surface area contributed by atoms with Crippen molar-refractivity contribution in [3.63, 3.8) is 0 Å². The van der Waals surface area contributed by atoms with E-state index in [0.717, 1.165) is 45.4 Å². The molecular formula is C27H44N4O2. The Bertz CT molecular complexity index is 757. The number of piperidine rings is 1. The van der Waals surface area contributed by atoms with Crippen molar-refractivity contribution < 1.29 is 9.53 Å². The molecule has 184 valence electrons. The predicted octanol–water partition coefficient (Wildman–Crippen LogP) is 4.06. The van der Waals surface area contributed by atoms with Crippen molar-refractivity contribution in [2.75, 3.05) is 45.8 Å². The largest absolute Gasteiger partial charge is 0.444 e. The van der Waals surface area contributed by atoms with Crippen LogP contribution in [0.15, 0.2) is 30.3 Å².